The molecule has 0 amide bonds. The molecular formula is C12H16N4O3S. The number of hydrogen-bond donors (Lipinski definition) is 1. The average Bonchev–Trinajstić information content (AvgIpc) is 3.05. The number of nitrogens with one attached hydrogen (secondary N) is 1. The van der Waals surface area contributed by atoms with E-state index in [2.05, 4.69) is 15.2 Å². The van der Waals surface area contributed by atoms with Gasteiger partial charge in [0.05, 0.1) is 12.0 Å². The van der Waals surface area contributed by atoms with Gasteiger partial charge in [0, 0.05) is 25.9 Å². The molecule has 0 saturated carbocycles. The van der Waals surface area contributed by atoms with Gasteiger partial charge in [-0.15, -0.1) is 0 Å². The molecule has 3 heterocycles. The van der Waals surface area contributed by atoms with Gasteiger partial charge in [-0.2, -0.15) is 9.40 Å². The summed E-state index contributed by atoms with van der Waals surface area (Å²) in [5, 5.41) is 7.18. The van der Waals surface area contributed by atoms with Crippen molar-refractivity contribution in [3.8, 4) is 0 Å². The van der Waals surface area contributed by atoms with Crippen LogP contribution in [-0.4, -0.2) is 54.2 Å². The Bertz CT molecular complexity index is 712. The van der Waals surface area contributed by atoms with Gasteiger partial charge in [0.25, 0.3) is 10.0 Å². The summed E-state index contributed by atoms with van der Waals surface area (Å²) >= 11 is 0. The van der Waals surface area contributed by atoms with Gasteiger partial charge in [-0.1, -0.05) is 0 Å². The van der Waals surface area contributed by atoms with Gasteiger partial charge >= 0.3 is 0 Å². The predicted molar refractivity (Wildman–Crippen MR) is 72.7 cm³/mol. The molecule has 0 bridgehead atoms. The van der Waals surface area contributed by atoms with Crippen LogP contribution in [0.15, 0.2) is 23.4 Å². The summed E-state index contributed by atoms with van der Waals surface area (Å²) in [6.07, 6.45) is 3.25. The Morgan fingerprint density at radius 1 is 1.55 bits per heavy atom. The van der Waals surface area contributed by atoms with Crippen molar-refractivity contribution in [3.05, 3.63) is 18.3 Å². The molecule has 1 aliphatic rings. The van der Waals surface area contributed by atoms with Crippen LogP contribution in [0.25, 0.3) is 11.0 Å². The molecule has 0 radical (unpaired) electrons. The van der Waals surface area contributed by atoms with Crippen LogP contribution in [0.3, 0.4) is 0 Å². The van der Waals surface area contributed by atoms with E-state index in [1.54, 1.807) is 25.4 Å². The van der Waals surface area contributed by atoms with Gasteiger partial charge in [0.1, 0.15) is 0 Å². The van der Waals surface area contributed by atoms with E-state index >= 15 is 0 Å². The molecule has 1 N–H and O–H groups in total. The number of nitrogens with zero attached hydrogens (tertiary/aromatic N) is 3. The van der Waals surface area contributed by atoms with Crippen molar-refractivity contribution in [2.24, 2.45) is 0 Å². The van der Waals surface area contributed by atoms with E-state index in [0.29, 0.717) is 24.2 Å². The van der Waals surface area contributed by atoms with E-state index in [1.165, 1.54) is 4.31 Å². The standard InChI is InChI=1S/C12H16N4O3S/c1-19-8-9-4-3-7-16(9)20(17,18)12-10-5-2-6-13-11(10)14-15-12/h2,5-6,9H,3-4,7-8H2,1H3,(H,13,14,15)/t9-/m1/s1. The van der Waals surface area contributed by atoms with Gasteiger partial charge in [-0.05, 0) is 25.0 Å². The van der Waals surface area contributed by atoms with Crippen molar-refractivity contribution in [1.29, 1.82) is 0 Å². The van der Waals surface area contributed by atoms with E-state index < -0.39 is 10.0 Å². The van der Waals surface area contributed by atoms with Crippen molar-refractivity contribution in [2.75, 3.05) is 20.3 Å². The average molecular weight is 296 g/mol. The van der Waals surface area contributed by atoms with Gasteiger partial charge in [-0.25, -0.2) is 13.4 Å². The van der Waals surface area contributed by atoms with Crippen LogP contribution in [-0.2, 0) is 14.8 Å². The maximum Gasteiger partial charge on any atom is 0.263 e. The van der Waals surface area contributed by atoms with Crippen LogP contribution >= 0.6 is 0 Å². The third-order valence-corrected chi connectivity index (χ3v) is 5.43. The van der Waals surface area contributed by atoms with Crippen LogP contribution in [0.1, 0.15) is 12.8 Å². The summed E-state index contributed by atoms with van der Waals surface area (Å²) in [6.45, 7) is 0.908. The highest BCUT2D eigenvalue weighted by Crippen LogP contribution is 2.28. The fraction of sp³-hybridized carbons (Fsp3) is 0.500. The van der Waals surface area contributed by atoms with E-state index in [9.17, 15) is 8.42 Å². The second-order valence-corrected chi connectivity index (χ2v) is 6.60. The highest BCUT2D eigenvalue weighted by atomic mass is 32.2. The first kappa shape index (κ1) is 13.5. The summed E-state index contributed by atoms with van der Waals surface area (Å²) in [6, 6.07) is 3.29. The van der Waals surface area contributed by atoms with Crippen LogP contribution < -0.4 is 0 Å². The normalized spacial score (nSPS) is 20.8. The van der Waals surface area contributed by atoms with Gasteiger partial charge < -0.3 is 4.74 Å². The third kappa shape index (κ3) is 2.09. The van der Waals surface area contributed by atoms with Gasteiger partial charge in [-0.3, -0.25) is 5.10 Å². The van der Waals surface area contributed by atoms with Crippen molar-refractivity contribution in [2.45, 2.75) is 23.9 Å². The van der Waals surface area contributed by atoms with Crippen LogP contribution in [0, 0.1) is 0 Å². The number of aromatic amines is 1. The lowest BCUT2D eigenvalue weighted by Gasteiger charge is -2.22. The minimum absolute atomic E-state index is 0.0450. The van der Waals surface area contributed by atoms with Crippen molar-refractivity contribution in [1.82, 2.24) is 19.5 Å². The molecule has 2 aromatic rings. The summed E-state index contributed by atoms with van der Waals surface area (Å²) in [4.78, 5) is 4.07. The van der Waals surface area contributed by atoms with Crippen molar-refractivity contribution < 1.29 is 13.2 Å². The zero-order valence-electron chi connectivity index (χ0n) is 11.1. The molecule has 7 nitrogen and oxygen atoms in total. The SMILES string of the molecule is COC[C@H]1CCCN1S(=O)(=O)c1n[nH]c2ncccc12. The number of fused-ring (bicyclic) bond motifs is 1. The molecule has 2 aromatic heterocycles. The van der Waals surface area contributed by atoms with E-state index in [1.807, 2.05) is 0 Å². The lowest BCUT2D eigenvalue weighted by Crippen LogP contribution is -2.38. The number of aromatic nitrogens is 3. The molecular weight excluding hydrogens is 280 g/mol. The number of pyridine rings is 1. The zero-order chi connectivity index (χ0) is 14.2. The molecule has 3 rings (SSSR count). The number of ether oxygens (including phenoxy) is 1. The molecule has 0 unspecified atom stereocenters. The lowest BCUT2D eigenvalue weighted by molar-refractivity contribution is 0.149. The lowest BCUT2D eigenvalue weighted by atomic mass is 10.2. The summed E-state index contributed by atoms with van der Waals surface area (Å²) in [5.74, 6) is 0. The Morgan fingerprint density at radius 3 is 3.20 bits per heavy atom. The number of methoxy groups -OCH3 is 1. The molecule has 8 heteroatoms. The molecule has 1 aliphatic heterocycles. The maximum absolute atomic E-state index is 12.8. The summed E-state index contributed by atoms with van der Waals surface area (Å²) in [7, 11) is -2.04. The molecule has 0 aromatic carbocycles. The smallest absolute Gasteiger partial charge is 0.263 e. The molecule has 1 fully saturated rings. The first-order valence-corrected chi connectivity index (χ1v) is 7.88. The largest absolute Gasteiger partial charge is 0.383 e. The molecule has 20 heavy (non-hydrogen) atoms. The highest BCUT2D eigenvalue weighted by Gasteiger charge is 2.37. The molecule has 1 saturated heterocycles. The van der Waals surface area contributed by atoms with E-state index in [0.717, 1.165) is 12.8 Å². The van der Waals surface area contributed by atoms with Crippen LogP contribution in [0.2, 0.25) is 0 Å². The highest BCUT2D eigenvalue weighted by molar-refractivity contribution is 7.89. The fourth-order valence-electron chi connectivity index (χ4n) is 2.62. The molecule has 0 spiro atoms. The van der Waals surface area contributed by atoms with Crippen molar-refractivity contribution >= 4 is 21.1 Å². The Hall–Kier alpha value is -1.51. The fourth-order valence-corrected chi connectivity index (χ4v) is 4.38. The minimum atomic E-state index is -3.62. The predicted octanol–water partition coefficient (Wildman–Crippen LogP) is 0.757. The Kier molecular flexibility index (Phi) is 3.45. The minimum Gasteiger partial charge on any atom is -0.383 e. The quantitative estimate of drug-likeness (QED) is 0.899. The van der Waals surface area contributed by atoms with Gasteiger partial charge in [0.15, 0.2) is 5.65 Å². The van der Waals surface area contributed by atoms with Gasteiger partial charge in [0.2, 0.25) is 5.03 Å². The maximum atomic E-state index is 12.8. The number of rotatable bonds is 4. The van der Waals surface area contributed by atoms with E-state index in [-0.39, 0.29) is 11.1 Å². The first-order chi connectivity index (χ1) is 9.64. The Balaban J connectivity index is 2.03. The molecule has 1 atom stereocenters. The van der Waals surface area contributed by atoms with E-state index in [4.69, 9.17) is 4.74 Å². The molecule has 0 aliphatic carbocycles. The topological polar surface area (TPSA) is 88.2 Å². The first-order valence-electron chi connectivity index (χ1n) is 6.44. The Morgan fingerprint density at radius 2 is 2.40 bits per heavy atom. The second-order valence-electron chi connectivity index (χ2n) is 4.80. The number of hydrogen-bond acceptors (Lipinski definition) is 5. The number of sulfonamides is 1. The Labute approximate surface area is 117 Å². The molecule has 108 valence electrons. The number of H-pyrrole nitrogens is 1. The van der Waals surface area contributed by atoms with Crippen molar-refractivity contribution in [3.63, 3.8) is 0 Å². The summed E-state index contributed by atoms with van der Waals surface area (Å²) in [5.41, 5.74) is 0.480. The zero-order valence-corrected chi connectivity index (χ0v) is 11.9. The second kappa shape index (κ2) is 5.12. The van der Waals surface area contributed by atoms with Crippen LogP contribution in [0.4, 0.5) is 0 Å². The monoisotopic (exact) mass is 296 g/mol. The third-order valence-electron chi connectivity index (χ3n) is 3.54. The van der Waals surface area contributed by atoms with Crippen LogP contribution in [0.5, 0.6) is 0 Å². The summed E-state index contributed by atoms with van der Waals surface area (Å²) < 4.78 is 32.1.